The SMILES string of the molecule is Cc1cc([C@H]2CCCN([C@H](C(=O)NC(C)C)c3ccccc3)C2)n[nH]1. The summed E-state index contributed by atoms with van der Waals surface area (Å²) >= 11 is 0. The van der Waals surface area contributed by atoms with Gasteiger partial charge in [0.2, 0.25) is 5.91 Å². The molecule has 25 heavy (non-hydrogen) atoms. The number of nitrogens with one attached hydrogen (secondary N) is 2. The summed E-state index contributed by atoms with van der Waals surface area (Å²) in [6, 6.07) is 12.1. The van der Waals surface area contributed by atoms with Crippen LogP contribution in [0.3, 0.4) is 0 Å². The zero-order valence-corrected chi connectivity index (χ0v) is 15.3. The van der Waals surface area contributed by atoms with Crippen LogP contribution < -0.4 is 5.32 Å². The lowest BCUT2D eigenvalue weighted by Crippen LogP contribution is -2.46. The average molecular weight is 340 g/mol. The zero-order valence-electron chi connectivity index (χ0n) is 15.3. The first-order valence-corrected chi connectivity index (χ1v) is 9.16. The first-order valence-electron chi connectivity index (χ1n) is 9.16. The van der Waals surface area contributed by atoms with Crippen molar-refractivity contribution in [3.05, 3.63) is 53.3 Å². The van der Waals surface area contributed by atoms with E-state index in [1.807, 2.05) is 51.1 Å². The van der Waals surface area contributed by atoms with E-state index < -0.39 is 0 Å². The Hall–Kier alpha value is -2.14. The zero-order chi connectivity index (χ0) is 17.8. The molecule has 5 nitrogen and oxygen atoms in total. The molecular formula is C20H28N4O. The Morgan fingerprint density at radius 3 is 2.72 bits per heavy atom. The molecular weight excluding hydrogens is 312 g/mol. The highest BCUT2D eigenvalue weighted by molar-refractivity contribution is 5.83. The highest BCUT2D eigenvalue weighted by Gasteiger charge is 2.33. The fourth-order valence-corrected chi connectivity index (χ4v) is 3.66. The van der Waals surface area contributed by atoms with E-state index in [-0.39, 0.29) is 18.0 Å². The van der Waals surface area contributed by atoms with Crippen LogP contribution in [0.15, 0.2) is 36.4 Å². The molecule has 1 aromatic heterocycles. The lowest BCUT2D eigenvalue weighted by molar-refractivity contribution is -0.127. The number of nitrogens with zero attached hydrogens (tertiary/aromatic N) is 2. The molecule has 3 rings (SSSR count). The molecule has 0 aliphatic carbocycles. The molecule has 1 aliphatic heterocycles. The van der Waals surface area contributed by atoms with E-state index in [1.165, 1.54) is 0 Å². The second kappa shape index (κ2) is 7.83. The van der Waals surface area contributed by atoms with Gasteiger partial charge in [-0.1, -0.05) is 30.3 Å². The van der Waals surface area contributed by atoms with Crippen LogP contribution in [0.2, 0.25) is 0 Å². The molecule has 2 heterocycles. The average Bonchev–Trinajstić information content (AvgIpc) is 3.02. The Kier molecular flexibility index (Phi) is 5.53. The smallest absolute Gasteiger partial charge is 0.242 e. The molecule has 0 bridgehead atoms. The molecule has 1 fully saturated rings. The van der Waals surface area contributed by atoms with E-state index in [2.05, 4.69) is 26.5 Å². The molecule has 2 atom stereocenters. The quantitative estimate of drug-likeness (QED) is 0.879. The second-order valence-electron chi connectivity index (χ2n) is 7.29. The number of H-pyrrole nitrogens is 1. The summed E-state index contributed by atoms with van der Waals surface area (Å²) in [5.74, 6) is 0.455. The van der Waals surface area contributed by atoms with E-state index in [1.54, 1.807) is 0 Å². The van der Waals surface area contributed by atoms with Crippen molar-refractivity contribution in [1.82, 2.24) is 20.4 Å². The number of aromatic amines is 1. The number of likely N-dealkylation sites (tertiary alicyclic amines) is 1. The fraction of sp³-hybridized carbons (Fsp3) is 0.500. The first-order chi connectivity index (χ1) is 12.0. The fourth-order valence-electron chi connectivity index (χ4n) is 3.66. The standard InChI is InChI=1S/C20H28N4O/c1-14(2)21-20(25)19(16-8-5-4-6-9-16)24-11-7-10-17(13-24)18-12-15(3)22-23-18/h4-6,8-9,12,14,17,19H,7,10-11,13H2,1-3H3,(H,21,25)(H,22,23)/t17-,19-/m0/s1. The number of amides is 1. The Balaban J connectivity index is 1.83. The van der Waals surface area contributed by atoms with Crippen LogP contribution in [0.25, 0.3) is 0 Å². The van der Waals surface area contributed by atoms with Gasteiger partial charge in [-0.05, 0) is 51.8 Å². The lowest BCUT2D eigenvalue weighted by atomic mass is 9.92. The molecule has 1 aliphatic rings. The minimum absolute atomic E-state index is 0.0834. The van der Waals surface area contributed by atoms with Crippen molar-refractivity contribution in [2.45, 2.75) is 51.6 Å². The van der Waals surface area contributed by atoms with Gasteiger partial charge in [-0.3, -0.25) is 14.8 Å². The number of carbonyl (C=O) groups is 1. The third-order valence-electron chi connectivity index (χ3n) is 4.76. The van der Waals surface area contributed by atoms with Crippen LogP contribution in [0.5, 0.6) is 0 Å². The van der Waals surface area contributed by atoms with Gasteiger partial charge in [0.1, 0.15) is 6.04 Å². The van der Waals surface area contributed by atoms with Gasteiger partial charge in [0, 0.05) is 24.2 Å². The van der Waals surface area contributed by atoms with E-state index in [4.69, 9.17) is 0 Å². The Morgan fingerprint density at radius 1 is 1.32 bits per heavy atom. The van der Waals surface area contributed by atoms with Crippen LogP contribution in [0.1, 0.15) is 55.6 Å². The molecule has 0 saturated carbocycles. The van der Waals surface area contributed by atoms with Crippen molar-refractivity contribution in [3.8, 4) is 0 Å². The van der Waals surface area contributed by atoms with Crippen LogP contribution in [0.4, 0.5) is 0 Å². The predicted molar refractivity (Wildman–Crippen MR) is 99.3 cm³/mol. The van der Waals surface area contributed by atoms with E-state index in [9.17, 15) is 4.79 Å². The number of aromatic nitrogens is 2. The van der Waals surface area contributed by atoms with Crippen molar-refractivity contribution in [1.29, 1.82) is 0 Å². The molecule has 2 aromatic rings. The molecule has 2 N–H and O–H groups in total. The molecule has 0 spiro atoms. The van der Waals surface area contributed by atoms with Crippen molar-refractivity contribution in [2.75, 3.05) is 13.1 Å². The lowest BCUT2D eigenvalue weighted by Gasteiger charge is -2.37. The maximum atomic E-state index is 12.9. The van der Waals surface area contributed by atoms with E-state index in [0.717, 1.165) is 42.9 Å². The topological polar surface area (TPSA) is 61.0 Å². The number of rotatable bonds is 5. The van der Waals surface area contributed by atoms with Crippen LogP contribution in [0, 0.1) is 6.92 Å². The summed E-state index contributed by atoms with van der Waals surface area (Å²) in [5, 5.41) is 10.6. The summed E-state index contributed by atoms with van der Waals surface area (Å²) < 4.78 is 0. The molecule has 1 amide bonds. The molecule has 0 unspecified atom stereocenters. The number of hydrogen-bond donors (Lipinski definition) is 2. The first kappa shape index (κ1) is 17.7. The Labute approximate surface area is 149 Å². The van der Waals surface area contributed by atoms with Gasteiger partial charge in [0.25, 0.3) is 0 Å². The van der Waals surface area contributed by atoms with Gasteiger partial charge in [0.15, 0.2) is 0 Å². The summed E-state index contributed by atoms with van der Waals surface area (Å²) in [7, 11) is 0. The minimum Gasteiger partial charge on any atom is -0.352 e. The Morgan fingerprint density at radius 2 is 2.08 bits per heavy atom. The molecule has 0 radical (unpaired) electrons. The monoisotopic (exact) mass is 340 g/mol. The number of aryl methyl sites for hydroxylation is 1. The normalized spacial score (nSPS) is 19.8. The summed E-state index contributed by atoms with van der Waals surface area (Å²) in [5.41, 5.74) is 3.25. The molecule has 1 saturated heterocycles. The maximum absolute atomic E-state index is 12.9. The number of piperidine rings is 1. The Bertz CT molecular complexity index is 695. The van der Waals surface area contributed by atoms with Crippen molar-refractivity contribution in [3.63, 3.8) is 0 Å². The van der Waals surface area contributed by atoms with Crippen molar-refractivity contribution >= 4 is 5.91 Å². The predicted octanol–water partition coefficient (Wildman–Crippen LogP) is 3.16. The van der Waals surface area contributed by atoms with Gasteiger partial charge >= 0.3 is 0 Å². The number of carbonyl (C=O) groups excluding carboxylic acids is 1. The number of hydrogen-bond acceptors (Lipinski definition) is 3. The summed E-state index contributed by atoms with van der Waals surface area (Å²) in [6.07, 6.45) is 2.20. The van der Waals surface area contributed by atoms with Crippen LogP contribution in [-0.2, 0) is 4.79 Å². The molecule has 5 heteroatoms. The van der Waals surface area contributed by atoms with Gasteiger partial charge < -0.3 is 5.32 Å². The third-order valence-corrected chi connectivity index (χ3v) is 4.76. The van der Waals surface area contributed by atoms with Gasteiger partial charge in [-0.2, -0.15) is 5.10 Å². The minimum atomic E-state index is -0.244. The van der Waals surface area contributed by atoms with Crippen molar-refractivity contribution < 1.29 is 4.79 Å². The molecule has 1 aromatic carbocycles. The van der Waals surface area contributed by atoms with Crippen molar-refractivity contribution in [2.24, 2.45) is 0 Å². The summed E-state index contributed by atoms with van der Waals surface area (Å²) in [6.45, 7) is 7.83. The second-order valence-corrected chi connectivity index (χ2v) is 7.29. The van der Waals surface area contributed by atoms with Crippen LogP contribution in [-0.4, -0.2) is 40.1 Å². The summed E-state index contributed by atoms with van der Waals surface area (Å²) in [4.78, 5) is 15.2. The van der Waals surface area contributed by atoms with Gasteiger partial charge in [0.05, 0.1) is 5.69 Å². The molecule has 134 valence electrons. The van der Waals surface area contributed by atoms with Gasteiger partial charge in [-0.15, -0.1) is 0 Å². The third kappa shape index (κ3) is 4.28. The van der Waals surface area contributed by atoms with E-state index >= 15 is 0 Å². The highest BCUT2D eigenvalue weighted by Crippen LogP contribution is 2.31. The van der Waals surface area contributed by atoms with Gasteiger partial charge in [-0.25, -0.2) is 0 Å². The van der Waals surface area contributed by atoms with E-state index in [0.29, 0.717) is 5.92 Å². The maximum Gasteiger partial charge on any atom is 0.242 e. The number of benzene rings is 1. The largest absolute Gasteiger partial charge is 0.352 e. The highest BCUT2D eigenvalue weighted by atomic mass is 16.2. The van der Waals surface area contributed by atoms with Crippen LogP contribution >= 0.6 is 0 Å².